The van der Waals surface area contributed by atoms with Crippen LogP contribution < -0.4 is 5.56 Å². The normalized spacial score (nSPS) is 11.0. The molecule has 0 radical (unpaired) electrons. The van der Waals surface area contributed by atoms with E-state index in [1.54, 1.807) is 13.1 Å². The van der Waals surface area contributed by atoms with Crippen molar-refractivity contribution >= 4 is 17.2 Å². The van der Waals surface area contributed by atoms with E-state index in [9.17, 15) is 4.79 Å². The molecule has 0 fully saturated rings. The summed E-state index contributed by atoms with van der Waals surface area (Å²) in [6.07, 6.45) is 1.74. The molecule has 0 saturated heterocycles. The van der Waals surface area contributed by atoms with E-state index in [0.717, 1.165) is 11.1 Å². The number of nitrogens with zero attached hydrogens (tertiary/aromatic N) is 2. The molecular weight excluding hydrogens is 250 g/mol. The monoisotopic (exact) mass is 259 g/mol. The third-order valence-corrected chi connectivity index (χ3v) is 3.12. The Hall–Kier alpha value is -2.07. The summed E-state index contributed by atoms with van der Waals surface area (Å²) in [6, 6.07) is 8.97. The second-order valence-electron chi connectivity index (χ2n) is 4.06. The molecule has 90 valence electrons. The fourth-order valence-electron chi connectivity index (χ4n) is 1.97. The van der Waals surface area contributed by atoms with Gasteiger partial charge in [-0.1, -0.05) is 29.8 Å². The average molecular weight is 260 g/mol. The van der Waals surface area contributed by atoms with Crippen molar-refractivity contribution in [1.29, 1.82) is 0 Å². The topological polar surface area (TPSA) is 50.2 Å². The van der Waals surface area contributed by atoms with Gasteiger partial charge in [0.25, 0.3) is 5.56 Å². The van der Waals surface area contributed by atoms with Gasteiger partial charge in [0, 0.05) is 34.1 Å². The van der Waals surface area contributed by atoms with Gasteiger partial charge in [0.2, 0.25) is 0 Å². The number of hydrogen-bond acceptors (Lipinski definition) is 2. The highest BCUT2D eigenvalue weighted by Gasteiger charge is 2.11. The van der Waals surface area contributed by atoms with Gasteiger partial charge in [0.1, 0.15) is 0 Å². The fraction of sp³-hybridized carbons (Fsp3) is 0.0769. The lowest BCUT2D eigenvalue weighted by atomic mass is 10.1. The molecule has 3 rings (SSSR count). The Kier molecular flexibility index (Phi) is 2.45. The quantitative estimate of drug-likeness (QED) is 0.730. The Labute approximate surface area is 108 Å². The van der Waals surface area contributed by atoms with E-state index in [4.69, 9.17) is 11.6 Å². The van der Waals surface area contributed by atoms with Gasteiger partial charge < -0.3 is 0 Å². The number of benzene rings is 1. The zero-order chi connectivity index (χ0) is 12.7. The maximum atomic E-state index is 11.8. The van der Waals surface area contributed by atoms with Crippen LogP contribution in [0.4, 0.5) is 0 Å². The van der Waals surface area contributed by atoms with Gasteiger partial charge in [-0.15, -0.1) is 0 Å². The molecule has 2 heterocycles. The molecule has 0 amide bonds. The first kappa shape index (κ1) is 11.0. The molecule has 0 saturated carbocycles. The van der Waals surface area contributed by atoms with Gasteiger partial charge in [-0.3, -0.25) is 9.89 Å². The minimum atomic E-state index is -0.129. The molecule has 0 unspecified atom stereocenters. The van der Waals surface area contributed by atoms with E-state index in [0.29, 0.717) is 16.4 Å². The van der Waals surface area contributed by atoms with Gasteiger partial charge >= 0.3 is 0 Å². The van der Waals surface area contributed by atoms with E-state index in [-0.39, 0.29) is 5.56 Å². The molecule has 0 bridgehead atoms. The summed E-state index contributed by atoms with van der Waals surface area (Å²) in [7, 11) is 0. The molecule has 5 heteroatoms. The largest absolute Gasteiger partial charge is 0.296 e. The van der Waals surface area contributed by atoms with Crippen LogP contribution in [0.15, 0.2) is 41.3 Å². The number of halogens is 1. The molecule has 0 aliphatic rings. The van der Waals surface area contributed by atoms with Gasteiger partial charge in [0.15, 0.2) is 5.65 Å². The van der Waals surface area contributed by atoms with Crippen LogP contribution in [0.2, 0.25) is 5.02 Å². The van der Waals surface area contributed by atoms with Crippen LogP contribution in [0.1, 0.15) is 5.69 Å². The summed E-state index contributed by atoms with van der Waals surface area (Å²) >= 11 is 6.17. The standard InChI is InChI=1S/C13H10ClN3O/c1-8-6-12(18)17-13(16-8)10(7-15-17)9-4-2-3-5-11(9)14/h2-7,15H,1H3. The minimum Gasteiger partial charge on any atom is -0.296 e. The first-order valence-corrected chi connectivity index (χ1v) is 5.87. The van der Waals surface area contributed by atoms with Crippen molar-refractivity contribution in [2.24, 2.45) is 0 Å². The molecule has 1 aromatic carbocycles. The summed E-state index contributed by atoms with van der Waals surface area (Å²) in [5.41, 5.74) is 2.83. The lowest BCUT2D eigenvalue weighted by molar-refractivity contribution is 0.890. The van der Waals surface area contributed by atoms with E-state index in [1.807, 2.05) is 24.3 Å². The van der Waals surface area contributed by atoms with Crippen molar-refractivity contribution in [3.63, 3.8) is 0 Å². The molecule has 2 aromatic heterocycles. The smallest absolute Gasteiger partial charge is 0.272 e. The first-order chi connectivity index (χ1) is 8.66. The van der Waals surface area contributed by atoms with Crippen LogP contribution in [0.3, 0.4) is 0 Å². The fourth-order valence-corrected chi connectivity index (χ4v) is 2.21. The molecule has 0 aliphatic carbocycles. The molecule has 3 aromatic rings. The molecular formula is C13H10ClN3O. The highest BCUT2D eigenvalue weighted by molar-refractivity contribution is 6.33. The van der Waals surface area contributed by atoms with Crippen LogP contribution >= 0.6 is 11.6 Å². The third kappa shape index (κ3) is 1.62. The lowest BCUT2D eigenvalue weighted by Crippen LogP contribution is -2.14. The number of aryl methyl sites for hydroxylation is 1. The van der Waals surface area contributed by atoms with Crippen LogP contribution in [-0.2, 0) is 0 Å². The Balaban J connectivity index is 2.38. The zero-order valence-corrected chi connectivity index (χ0v) is 10.4. The number of aromatic amines is 1. The minimum absolute atomic E-state index is 0.129. The van der Waals surface area contributed by atoms with Gasteiger partial charge in [0.05, 0.1) is 0 Å². The van der Waals surface area contributed by atoms with Crippen molar-refractivity contribution in [2.45, 2.75) is 6.92 Å². The number of nitrogens with one attached hydrogen (secondary N) is 1. The van der Waals surface area contributed by atoms with Crippen LogP contribution in [-0.4, -0.2) is 14.6 Å². The Morgan fingerprint density at radius 3 is 2.83 bits per heavy atom. The maximum Gasteiger partial charge on any atom is 0.272 e. The number of H-pyrrole nitrogens is 1. The number of fused-ring (bicyclic) bond motifs is 1. The molecule has 4 nitrogen and oxygen atoms in total. The molecule has 0 spiro atoms. The predicted molar refractivity (Wildman–Crippen MR) is 71.0 cm³/mol. The van der Waals surface area contributed by atoms with Crippen molar-refractivity contribution in [1.82, 2.24) is 14.6 Å². The number of rotatable bonds is 1. The van der Waals surface area contributed by atoms with E-state index < -0.39 is 0 Å². The van der Waals surface area contributed by atoms with E-state index in [2.05, 4.69) is 10.1 Å². The Morgan fingerprint density at radius 1 is 1.28 bits per heavy atom. The molecule has 0 atom stereocenters. The van der Waals surface area contributed by atoms with Crippen molar-refractivity contribution < 1.29 is 0 Å². The number of hydrogen-bond donors (Lipinski definition) is 1. The second kappa shape index (κ2) is 3.99. The van der Waals surface area contributed by atoms with Gasteiger partial charge in [-0.05, 0) is 13.0 Å². The van der Waals surface area contributed by atoms with Crippen LogP contribution in [0.25, 0.3) is 16.8 Å². The van der Waals surface area contributed by atoms with Crippen LogP contribution in [0.5, 0.6) is 0 Å². The van der Waals surface area contributed by atoms with Crippen LogP contribution in [0, 0.1) is 6.92 Å². The Bertz CT molecular complexity index is 788. The predicted octanol–water partition coefficient (Wildman–Crippen LogP) is 2.65. The SMILES string of the molecule is Cc1cc(=O)n2[nH]cc(-c3ccccc3Cl)c2n1. The van der Waals surface area contributed by atoms with E-state index in [1.165, 1.54) is 10.6 Å². The summed E-state index contributed by atoms with van der Waals surface area (Å²) in [4.78, 5) is 16.2. The average Bonchev–Trinajstić information content (AvgIpc) is 2.73. The van der Waals surface area contributed by atoms with Crippen molar-refractivity contribution in [3.05, 3.63) is 57.6 Å². The van der Waals surface area contributed by atoms with Gasteiger partial charge in [-0.25, -0.2) is 9.50 Å². The lowest BCUT2D eigenvalue weighted by Gasteiger charge is -2.01. The summed E-state index contributed by atoms with van der Waals surface area (Å²) in [5, 5.41) is 3.53. The summed E-state index contributed by atoms with van der Waals surface area (Å²) in [6.45, 7) is 1.80. The van der Waals surface area contributed by atoms with Gasteiger partial charge in [-0.2, -0.15) is 0 Å². The third-order valence-electron chi connectivity index (χ3n) is 2.79. The summed E-state index contributed by atoms with van der Waals surface area (Å²) < 4.78 is 1.41. The number of aromatic nitrogens is 3. The van der Waals surface area contributed by atoms with E-state index >= 15 is 0 Å². The Morgan fingerprint density at radius 2 is 2.06 bits per heavy atom. The molecule has 0 aliphatic heterocycles. The maximum absolute atomic E-state index is 11.8. The molecule has 1 N–H and O–H groups in total. The second-order valence-corrected chi connectivity index (χ2v) is 4.47. The molecule has 18 heavy (non-hydrogen) atoms. The highest BCUT2D eigenvalue weighted by Crippen LogP contribution is 2.29. The van der Waals surface area contributed by atoms with Crippen molar-refractivity contribution in [2.75, 3.05) is 0 Å². The zero-order valence-electron chi connectivity index (χ0n) is 9.64. The van der Waals surface area contributed by atoms with Crippen molar-refractivity contribution in [3.8, 4) is 11.1 Å². The highest BCUT2D eigenvalue weighted by atomic mass is 35.5. The first-order valence-electron chi connectivity index (χ1n) is 5.49. The summed E-state index contributed by atoms with van der Waals surface area (Å²) in [5.74, 6) is 0.